The van der Waals surface area contributed by atoms with E-state index in [2.05, 4.69) is 10.3 Å². The third-order valence-electron chi connectivity index (χ3n) is 2.19. The molecule has 0 aliphatic rings. The number of aliphatic hydroxyl groups excluding tert-OH is 1. The molecular formula is C11H18N2O. The van der Waals surface area contributed by atoms with E-state index >= 15 is 0 Å². The lowest BCUT2D eigenvalue weighted by molar-refractivity contribution is 0.168. The van der Waals surface area contributed by atoms with Crippen LogP contribution in [0.4, 0.5) is 0 Å². The molecule has 0 radical (unpaired) electrons. The molecule has 78 valence electrons. The molecule has 14 heavy (non-hydrogen) atoms. The van der Waals surface area contributed by atoms with E-state index in [-0.39, 0.29) is 6.10 Å². The topological polar surface area (TPSA) is 45.1 Å². The summed E-state index contributed by atoms with van der Waals surface area (Å²) < 4.78 is 0. The molecule has 0 amide bonds. The van der Waals surface area contributed by atoms with Crippen LogP contribution < -0.4 is 5.32 Å². The lowest BCUT2D eigenvalue weighted by Gasteiger charge is -2.08. The smallest absolute Gasteiger partial charge is 0.0662 e. The minimum atomic E-state index is -0.215. The van der Waals surface area contributed by atoms with E-state index in [0.717, 1.165) is 19.4 Å². The number of hydrogen-bond donors (Lipinski definition) is 2. The summed E-state index contributed by atoms with van der Waals surface area (Å²) in [6.07, 6.45) is 5.18. The predicted octanol–water partition coefficient (Wildman–Crippen LogP) is 0.985. The van der Waals surface area contributed by atoms with Crippen molar-refractivity contribution < 1.29 is 5.11 Å². The molecule has 0 spiro atoms. The highest BCUT2D eigenvalue weighted by Crippen LogP contribution is 1.96. The predicted molar refractivity (Wildman–Crippen MR) is 57.1 cm³/mol. The second-order valence-corrected chi connectivity index (χ2v) is 3.37. The molecule has 1 rings (SSSR count). The quantitative estimate of drug-likeness (QED) is 0.664. The Balaban J connectivity index is 2.10. The van der Waals surface area contributed by atoms with Crippen molar-refractivity contribution in [3.63, 3.8) is 0 Å². The third kappa shape index (κ3) is 4.35. The van der Waals surface area contributed by atoms with Gasteiger partial charge in [-0.25, -0.2) is 0 Å². The molecule has 1 atom stereocenters. The minimum absolute atomic E-state index is 0.215. The van der Waals surface area contributed by atoms with Crippen LogP contribution in [0.5, 0.6) is 0 Å². The van der Waals surface area contributed by atoms with E-state index < -0.39 is 0 Å². The molecule has 0 fully saturated rings. The average molecular weight is 194 g/mol. The van der Waals surface area contributed by atoms with Crippen LogP contribution in [0, 0.1) is 0 Å². The van der Waals surface area contributed by atoms with E-state index in [4.69, 9.17) is 0 Å². The van der Waals surface area contributed by atoms with Gasteiger partial charge >= 0.3 is 0 Å². The number of aliphatic hydroxyl groups is 1. The summed E-state index contributed by atoms with van der Waals surface area (Å²) in [6.45, 7) is 3.57. The summed E-state index contributed by atoms with van der Waals surface area (Å²) in [7, 11) is 0. The van der Waals surface area contributed by atoms with Gasteiger partial charge in [0.25, 0.3) is 0 Å². The van der Waals surface area contributed by atoms with Gasteiger partial charge in [-0.05, 0) is 37.1 Å². The Morgan fingerprint density at radius 2 is 2.14 bits per heavy atom. The molecule has 1 aromatic rings. The van der Waals surface area contributed by atoms with Crippen molar-refractivity contribution in [2.24, 2.45) is 0 Å². The molecule has 0 saturated heterocycles. The molecule has 1 unspecified atom stereocenters. The highest BCUT2D eigenvalue weighted by Gasteiger charge is 1.98. The van der Waals surface area contributed by atoms with E-state index in [1.807, 2.05) is 19.1 Å². The number of aromatic nitrogens is 1. The minimum Gasteiger partial charge on any atom is -0.392 e. The highest BCUT2D eigenvalue weighted by molar-refractivity contribution is 5.09. The van der Waals surface area contributed by atoms with Gasteiger partial charge in [0.05, 0.1) is 6.10 Å². The standard InChI is InChI=1S/C11H18N2O/c1-2-11(14)9-13-8-5-10-3-6-12-7-4-10/h3-4,6-7,11,13-14H,2,5,8-9H2,1H3. The van der Waals surface area contributed by atoms with Crippen LogP contribution in [0.25, 0.3) is 0 Å². The molecule has 0 aliphatic carbocycles. The first-order chi connectivity index (χ1) is 6.83. The van der Waals surface area contributed by atoms with Crippen LogP contribution in [0.15, 0.2) is 24.5 Å². The molecule has 3 nitrogen and oxygen atoms in total. The first-order valence-electron chi connectivity index (χ1n) is 5.10. The maximum absolute atomic E-state index is 9.28. The summed E-state index contributed by atoms with van der Waals surface area (Å²) in [5, 5.41) is 12.5. The Bertz CT molecular complexity index is 238. The summed E-state index contributed by atoms with van der Waals surface area (Å²) in [5.41, 5.74) is 1.28. The molecule has 2 N–H and O–H groups in total. The Labute approximate surface area is 85.2 Å². The summed E-state index contributed by atoms with van der Waals surface area (Å²) in [6, 6.07) is 4.02. The largest absolute Gasteiger partial charge is 0.392 e. The number of hydrogen-bond acceptors (Lipinski definition) is 3. The van der Waals surface area contributed by atoms with E-state index in [1.54, 1.807) is 12.4 Å². The zero-order valence-electron chi connectivity index (χ0n) is 8.61. The molecule has 0 saturated carbocycles. The summed E-state index contributed by atoms with van der Waals surface area (Å²) >= 11 is 0. The van der Waals surface area contributed by atoms with Gasteiger partial charge in [-0.3, -0.25) is 4.98 Å². The zero-order valence-corrected chi connectivity index (χ0v) is 8.61. The van der Waals surface area contributed by atoms with Crippen molar-refractivity contribution in [2.75, 3.05) is 13.1 Å². The molecule has 0 bridgehead atoms. The SMILES string of the molecule is CCC(O)CNCCc1ccncc1. The molecule has 1 aromatic heterocycles. The van der Waals surface area contributed by atoms with Crippen LogP contribution in [-0.4, -0.2) is 29.3 Å². The van der Waals surface area contributed by atoms with Crippen LogP contribution in [0.2, 0.25) is 0 Å². The maximum atomic E-state index is 9.28. The maximum Gasteiger partial charge on any atom is 0.0662 e. The Morgan fingerprint density at radius 1 is 1.43 bits per heavy atom. The van der Waals surface area contributed by atoms with Gasteiger partial charge in [-0.1, -0.05) is 6.92 Å². The zero-order chi connectivity index (χ0) is 10.2. The molecule has 1 heterocycles. The Morgan fingerprint density at radius 3 is 2.79 bits per heavy atom. The second-order valence-electron chi connectivity index (χ2n) is 3.37. The fourth-order valence-corrected chi connectivity index (χ4v) is 1.20. The highest BCUT2D eigenvalue weighted by atomic mass is 16.3. The average Bonchev–Trinajstić information content (AvgIpc) is 2.25. The number of rotatable bonds is 6. The monoisotopic (exact) mass is 194 g/mol. The van der Waals surface area contributed by atoms with Gasteiger partial charge in [0, 0.05) is 18.9 Å². The Hall–Kier alpha value is -0.930. The molecule has 0 aliphatic heterocycles. The normalized spacial score (nSPS) is 12.7. The first kappa shape index (κ1) is 11.1. The fourth-order valence-electron chi connectivity index (χ4n) is 1.20. The molecular weight excluding hydrogens is 176 g/mol. The van der Waals surface area contributed by atoms with Gasteiger partial charge in [-0.15, -0.1) is 0 Å². The lowest BCUT2D eigenvalue weighted by Crippen LogP contribution is -2.27. The van der Waals surface area contributed by atoms with E-state index in [9.17, 15) is 5.11 Å². The van der Waals surface area contributed by atoms with Gasteiger partial charge in [-0.2, -0.15) is 0 Å². The van der Waals surface area contributed by atoms with Crippen LogP contribution >= 0.6 is 0 Å². The molecule has 0 aromatic carbocycles. The van der Waals surface area contributed by atoms with Crippen molar-refractivity contribution in [2.45, 2.75) is 25.9 Å². The lowest BCUT2D eigenvalue weighted by atomic mass is 10.2. The first-order valence-corrected chi connectivity index (χ1v) is 5.10. The summed E-state index contributed by atoms with van der Waals surface area (Å²) in [4.78, 5) is 3.95. The van der Waals surface area contributed by atoms with Crippen molar-refractivity contribution in [1.82, 2.24) is 10.3 Å². The van der Waals surface area contributed by atoms with Crippen molar-refractivity contribution in [3.05, 3.63) is 30.1 Å². The number of nitrogens with one attached hydrogen (secondary N) is 1. The van der Waals surface area contributed by atoms with E-state index in [1.165, 1.54) is 5.56 Å². The van der Waals surface area contributed by atoms with Gasteiger partial charge in [0.1, 0.15) is 0 Å². The molecule has 3 heteroatoms. The van der Waals surface area contributed by atoms with Crippen molar-refractivity contribution in [1.29, 1.82) is 0 Å². The van der Waals surface area contributed by atoms with Crippen LogP contribution in [-0.2, 0) is 6.42 Å². The van der Waals surface area contributed by atoms with Gasteiger partial charge in [0.15, 0.2) is 0 Å². The van der Waals surface area contributed by atoms with Gasteiger partial charge in [0.2, 0.25) is 0 Å². The van der Waals surface area contributed by atoms with Crippen LogP contribution in [0.3, 0.4) is 0 Å². The second kappa shape index (κ2) is 6.51. The third-order valence-corrected chi connectivity index (χ3v) is 2.19. The summed E-state index contributed by atoms with van der Waals surface area (Å²) in [5.74, 6) is 0. The van der Waals surface area contributed by atoms with Crippen LogP contribution in [0.1, 0.15) is 18.9 Å². The van der Waals surface area contributed by atoms with Gasteiger partial charge < -0.3 is 10.4 Å². The van der Waals surface area contributed by atoms with Crippen molar-refractivity contribution in [3.8, 4) is 0 Å². The fraction of sp³-hybridized carbons (Fsp3) is 0.545. The Kier molecular flexibility index (Phi) is 5.19. The van der Waals surface area contributed by atoms with Crippen molar-refractivity contribution >= 4 is 0 Å². The van der Waals surface area contributed by atoms with E-state index in [0.29, 0.717) is 6.54 Å². The number of nitrogens with zero attached hydrogens (tertiary/aromatic N) is 1. The number of pyridine rings is 1.